The largest absolute Gasteiger partial charge is 0.464 e. The minimum atomic E-state index is -3.82. The van der Waals surface area contributed by atoms with Gasteiger partial charge in [-0.05, 0) is 12.1 Å². The molecule has 2 fully saturated rings. The van der Waals surface area contributed by atoms with Crippen LogP contribution in [0.25, 0.3) is 0 Å². The minimum absolute atomic E-state index is 0.198. The second-order valence-electron chi connectivity index (χ2n) is 5.39. The Morgan fingerprint density at radius 1 is 1.22 bits per heavy atom. The lowest BCUT2D eigenvalue weighted by molar-refractivity contribution is -0.142. The average Bonchev–Trinajstić information content (AvgIpc) is 3.16. The van der Waals surface area contributed by atoms with Crippen molar-refractivity contribution in [2.75, 3.05) is 32.8 Å². The first-order valence-corrected chi connectivity index (χ1v) is 8.64. The summed E-state index contributed by atoms with van der Waals surface area (Å²) in [5.41, 5.74) is 5.06. The number of primary amides is 1. The molecule has 0 bridgehead atoms. The van der Waals surface area contributed by atoms with Crippen LogP contribution >= 0.6 is 0 Å². The minimum Gasteiger partial charge on any atom is -0.464 e. The van der Waals surface area contributed by atoms with E-state index in [4.69, 9.17) is 14.9 Å². The van der Waals surface area contributed by atoms with Crippen LogP contribution in [0.3, 0.4) is 0 Å². The van der Waals surface area contributed by atoms with E-state index in [1.807, 2.05) is 4.90 Å². The van der Waals surface area contributed by atoms with E-state index in [0.717, 1.165) is 0 Å². The number of carbonyl (C=O) groups excluding carboxylic acids is 2. The predicted molar refractivity (Wildman–Crippen MR) is 76.9 cm³/mol. The Balaban J connectivity index is 1.68. The third-order valence-electron chi connectivity index (χ3n) is 4.04. The maximum atomic E-state index is 12.5. The van der Waals surface area contributed by atoms with E-state index in [0.29, 0.717) is 26.1 Å². The summed E-state index contributed by atoms with van der Waals surface area (Å²) in [6, 6.07) is 2.17. The Kier molecular flexibility index (Phi) is 4.13. The number of ether oxygens (including phenoxy) is 1. The monoisotopic (exact) mass is 343 g/mol. The van der Waals surface area contributed by atoms with Gasteiger partial charge in [0.1, 0.15) is 6.04 Å². The highest BCUT2D eigenvalue weighted by Gasteiger charge is 2.37. The van der Waals surface area contributed by atoms with Crippen molar-refractivity contribution in [3.8, 4) is 0 Å². The van der Waals surface area contributed by atoms with E-state index in [1.165, 1.54) is 16.4 Å². The number of rotatable bonds is 4. The maximum absolute atomic E-state index is 12.5. The molecule has 1 aromatic heterocycles. The molecule has 2 N–H and O–H groups in total. The average molecular weight is 343 g/mol. The Bertz CT molecular complexity index is 720. The molecule has 1 unspecified atom stereocenters. The van der Waals surface area contributed by atoms with Crippen LogP contribution in [0.2, 0.25) is 0 Å². The number of amides is 1. The Labute approximate surface area is 133 Å². The van der Waals surface area contributed by atoms with Gasteiger partial charge in [0.05, 0.1) is 6.61 Å². The van der Waals surface area contributed by atoms with Crippen molar-refractivity contribution < 1.29 is 27.2 Å². The zero-order valence-electron chi connectivity index (χ0n) is 12.3. The topological polar surface area (TPSA) is 123 Å². The van der Waals surface area contributed by atoms with Crippen molar-refractivity contribution in [1.82, 2.24) is 9.21 Å². The first-order valence-electron chi connectivity index (χ1n) is 7.20. The lowest BCUT2D eigenvalue weighted by Gasteiger charge is -2.35. The number of nitrogens with zero attached hydrogens (tertiary/aromatic N) is 2. The van der Waals surface area contributed by atoms with Gasteiger partial charge in [-0.25, -0.2) is 8.42 Å². The normalized spacial score (nSPS) is 23.8. The van der Waals surface area contributed by atoms with Crippen LogP contribution in [0.1, 0.15) is 17.0 Å². The van der Waals surface area contributed by atoms with E-state index >= 15 is 0 Å². The van der Waals surface area contributed by atoms with Crippen molar-refractivity contribution in [1.29, 1.82) is 0 Å². The lowest BCUT2D eigenvalue weighted by Crippen LogP contribution is -2.52. The summed E-state index contributed by atoms with van der Waals surface area (Å²) in [6.45, 7) is 1.74. The van der Waals surface area contributed by atoms with Crippen LogP contribution in [0.15, 0.2) is 21.6 Å². The number of sulfonamides is 1. The molecule has 23 heavy (non-hydrogen) atoms. The molecule has 2 aliphatic rings. The smallest absolute Gasteiger partial charge is 0.323 e. The molecular formula is C13H17N3O6S. The summed E-state index contributed by atoms with van der Waals surface area (Å²) in [5, 5.41) is -0.306. The third kappa shape index (κ3) is 2.96. The van der Waals surface area contributed by atoms with Crippen LogP contribution in [0.5, 0.6) is 0 Å². The molecule has 1 aromatic rings. The van der Waals surface area contributed by atoms with Gasteiger partial charge in [-0.1, -0.05) is 0 Å². The molecule has 0 aliphatic carbocycles. The predicted octanol–water partition coefficient (Wildman–Crippen LogP) is -1.000. The van der Waals surface area contributed by atoms with E-state index in [1.54, 1.807) is 0 Å². The zero-order valence-corrected chi connectivity index (χ0v) is 13.1. The molecule has 126 valence electrons. The molecule has 9 nitrogen and oxygen atoms in total. The number of nitrogens with two attached hydrogens (primary N) is 1. The number of hydrogen-bond donors (Lipinski definition) is 1. The first-order chi connectivity index (χ1) is 10.9. The fourth-order valence-electron chi connectivity index (χ4n) is 2.79. The number of piperazine rings is 1. The molecule has 0 radical (unpaired) electrons. The van der Waals surface area contributed by atoms with Crippen molar-refractivity contribution in [2.45, 2.75) is 17.6 Å². The van der Waals surface area contributed by atoms with Gasteiger partial charge in [-0.3, -0.25) is 14.5 Å². The summed E-state index contributed by atoms with van der Waals surface area (Å²) in [5.74, 6) is -1.27. The van der Waals surface area contributed by atoms with Gasteiger partial charge in [0.25, 0.3) is 15.9 Å². The molecule has 0 spiro atoms. The fourth-order valence-corrected chi connectivity index (χ4v) is 4.12. The number of furan rings is 1. The van der Waals surface area contributed by atoms with Crippen molar-refractivity contribution in [2.24, 2.45) is 5.73 Å². The quantitative estimate of drug-likeness (QED) is 0.696. The van der Waals surface area contributed by atoms with Crippen LogP contribution in [0.4, 0.5) is 0 Å². The zero-order chi connectivity index (χ0) is 16.6. The van der Waals surface area contributed by atoms with Crippen LogP contribution in [-0.4, -0.2) is 68.3 Å². The standard InChI is InChI=1S/C13H17N3O6S/c14-12(17)10-1-2-11(22-10)23(19,20)16-6-4-15(5-7-16)9-3-8-21-13(9)18/h1-2,9H,3-8H2,(H2,14,17). The van der Waals surface area contributed by atoms with Gasteiger partial charge in [0.2, 0.25) is 5.09 Å². The lowest BCUT2D eigenvalue weighted by atomic mass is 10.2. The molecule has 2 aliphatic heterocycles. The maximum Gasteiger partial charge on any atom is 0.323 e. The Morgan fingerprint density at radius 2 is 1.91 bits per heavy atom. The molecule has 1 atom stereocenters. The molecular weight excluding hydrogens is 326 g/mol. The number of hydrogen-bond acceptors (Lipinski definition) is 7. The summed E-state index contributed by atoms with van der Waals surface area (Å²) in [4.78, 5) is 24.5. The van der Waals surface area contributed by atoms with E-state index < -0.39 is 15.9 Å². The van der Waals surface area contributed by atoms with Gasteiger partial charge >= 0.3 is 5.97 Å². The summed E-state index contributed by atoms with van der Waals surface area (Å²) < 4.78 is 36.2. The van der Waals surface area contributed by atoms with Gasteiger partial charge in [-0.15, -0.1) is 0 Å². The Hall–Kier alpha value is -1.91. The van der Waals surface area contributed by atoms with Crippen molar-refractivity contribution >= 4 is 21.9 Å². The van der Waals surface area contributed by atoms with Crippen molar-refractivity contribution in [3.05, 3.63) is 17.9 Å². The molecule has 2 saturated heterocycles. The van der Waals surface area contributed by atoms with Crippen LogP contribution in [-0.2, 0) is 19.6 Å². The number of carbonyl (C=O) groups is 2. The highest BCUT2D eigenvalue weighted by atomic mass is 32.2. The van der Waals surface area contributed by atoms with Gasteiger partial charge in [-0.2, -0.15) is 4.31 Å². The molecule has 3 heterocycles. The van der Waals surface area contributed by atoms with Crippen LogP contribution < -0.4 is 5.73 Å². The van der Waals surface area contributed by atoms with E-state index in [9.17, 15) is 18.0 Å². The first kappa shape index (κ1) is 16.0. The molecule has 3 rings (SSSR count). The summed E-state index contributed by atoms with van der Waals surface area (Å²) >= 11 is 0. The summed E-state index contributed by atoms with van der Waals surface area (Å²) in [7, 11) is -3.82. The van der Waals surface area contributed by atoms with Crippen molar-refractivity contribution in [3.63, 3.8) is 0 Å². The highest BCUT2D eigenvalue weighted by molar-refractivity contribution is 7.89. The molecule has 0 aromatic carbocycles. The second-order valence-corrected chi connectivity index (χ2v) is 7.26. The molecule has 0 saturated carbocycles. The number of cyclic esters (lactones) is 1. The SMILES string of the molecule is NC(=O)c1ccc(S(=O)(=O)N2CCN(C3CCOC3=O)CC2)o1. The second kappa shape index (κ2) is 5.95. The fraction of sp³-hybridized carbons (Fsp3) is 0.538. The van der Waals surface area contributed by atoms with Gasteiger partial charge < -0.3 is 14.9 Å². The Morgan fingerprint density at radius 3 is 2.43 bits per heavy atom. The van der Waals surface area contributed by atoms with Crippen LogP contribution in [0, 0.1) is 0 Å². The van der Waals surface area contributed by atoms with E-state index in [-0.39, 0.29) is 36.0 Å². The third-order valence-corrected chi connectivity index (χ3v) is 5.81. The molecule has 1 amide bonds. The van der Waals surface area contributed by atoms with E-state index in [2.05, 4.69) is 0 Å². The van der Waals surface area contributed by atoms with Gasteiger partial charge in [0, 0.05) is 32.6 Å². The van der Waals surface area contributed by atoms with Gasteiger partial charge in [0.15, 0.2) is 5.76 Å². The summed E-state index contributed by atoms with van der Waals surface area (Å²) in [6.07, 6.45) is 0.631. The highest BCUT2D eigenvalue weighted by Crippen LogP contribution is 2.22. The molecule has 10 heteroatoms. The number of esters is 1.